The first-order valence-electron chi connectivity index (χ1n) is 10.0. The van der Waals surface area contributed by atoms with Crippen molar-refractivity contribution in [2.45, 2.75) is 37.3 Å². The molecule has 9 heteroatoms. The van der Waals surface area contributed by atoms with Crippen molar-refractivity contribution in [2.75, 3.05) is 13.1 Å². The molecule has 2 unspecified atom stereocenters. The minimum atomic E-state index is -3.74. The predicted octanol–water partition coefficient (Wildman–Crippen LogP) is 2.99. The molecule has 1 fully saturated rings. The normalized spacial score (nSPS) is 18.2. The summed E-state index contributed by atoms with van der Waals surface area (Å²) in [5.41, 5.74) is 0.935. The number of nitrogens with zero attached hydrogens (tertiary/aromatic N) is 1. The van der Waals surface area contributed by atoms with Crippen LogP contribution >= 0.6 is 11.6 Å². The Balaban J connectivity index is 1.56. The highest BCUT2D eigenvalue weighted by atomic mass is 35.5. The van der Waals surface area contributed by atoms with E-state index in [9.17, 15) is 18.0 Å². The van der Waals surface area contributed by atoms with E-state index in [1.807, 2.05) is 30.3 Å². The first-order valence-corrected chi connectivity index (χ1v) is 11.9. The van der Waals surface area contributed by atoms with Crippen molar-refractivity contribution < 1.29 is 22.7 Å². The van der Waals surface area contributed by atoms with Gasteiger partial charge in [-0.15, -0.1) is 0 Å². The van der Waals surface area contributed by atoms with E-state index in [4.69, 9.17) is 16.3 Å². The largest absolute Gasteiger partial charge is 0.452 e. The van der Waals surface area contributed by atoms with Crippen LogP contribution in [0.25, 0.3) is 0 Å². The fourth-order valence-electron chi connectivity index (χ4n) is 3.36. The van der Waals surface area contributed by atoms with Crippen LogP contribution in [0.1, 0.15) is 25.3 Å². The molecule has 2 aromatic carbocycles. The van der Waals surface area contributed by atoms with E-state index in [0.29, 0.717) is 31.0 Å². The van der Waals surface area contributed by atoms with Crippen LogP contribution in [0.4, 0.5) is 0 Å². The summed E-state index contributed by atoms with van der Waals surface area (Å²) in [5.74, 6) is -1.60. The first-order chi connectivity index (χ1) is 14.8. The van der Waals surface area contributed by atoms with Gasteiger partial charge in [-0.1, -0.05) is 41.9 Å². The zero-order chi connectivity index (χ0) is 22.4. The van der Waals surface area contributed by atoms with Gasteiger partial charge in [-0.2, -0.15) is 4.31 Å². The van der Waals surface area contributed by atoms with Crippen molar-refractivity contribution in [1.82, 2.24) is 9.62 Å². The maximum absolute atomic E-state index is 12.9. The highest BCUT2D eigenvalue weighted by molar-refractivity contribution is 7.89. The van der Waals surface area contributed by atoms with Crippen molar-refractivity contribution in [3.8, 4) is 0 Å². The van der Waals surface area contributed by atoms with Crippen molar-refractivity contribution >= 4 is 33.5 Å². The minimum Gasteiger partial charge on any atom is -0.452 e. The number of rotatable bonds is 7. The third kappa shape index (κ3) is 6.06. The number of hydrogen-bond donors (Lipinski definition) is 1. The second kappa shape index (κ2) is 10.3. The number of benzene rings is 2. The summed E-state index contributed by atoms with van der Waals surface area (Å²) in [6, 6.07) is 15.3. The van der Waals surface area contributed by atoms with Crippen LogP contribution in [0.15, 0.2) is 59.5 Å². The molecule has 1 saturated heterocycles. The number of amides is 1. The van der Waals surface area contributed by atoms with E-state index in [1.54, 1.807) is 0 Å². The third-order valence-electron chi connectivity index (χ3n) is 5.14. The Kier molecular flexibility index (Phi) is 7.69. The van der Waals surface area contributed by atoms with Crippen molar-refractivity contribution in [2.24, 2.45) is 5.92 Å². The molecule has 0 aromatic heterocycles. The molecule has 1 aliphatic rings. The van der Waals surface area contributed by atoms with Gasteiger partial charge < -0.3 is 10.1 Å². The average Bonchev–Trinajstić information content (AvgIpc) is 2.78. The average molecular weight is 465 g/mol. The molecule has 2 aromatic rings. The molecular formula is C22H25ClN2O5S. The van der Waals surface area contributed by atoms with Gasteiger partial charge in [-0.25, -0.2) is 8.42 Å². The Morgan fingerprint density at radius 2 is 1.84 bits per heavy atom. The molecule has 1 aliphatic heterocycles. The Bertz CT molecular complexity index is 1010. The Hall–Kier alpha value is -2.42. The lowest BCUT2D eigenvalue weighted by Crippen LogP contribution is -2.44. The van der Waals surface area contributed by atoms with Crippen LogP contribution in [-0.4, -0.2) is 43.8 Å². The van der Waals surface area contributed by atoms with Crippen LogP contribution in [0.3, 0.4) is 0 Å². The van der Waals surface area contributed by atoms with Gasteiger partial charge in [-0.05, 0) is 49.6 Å². The molecular weight excluding hydrogens is 440 g/mol. The van der Waals surface area contributed by atoms with Gasteiger partial charge >= 0.3 is 5.97 Å². The number of halogens is 1. The maximum Gasteiger partial charge on any atom is 0.311 e. The number of esters is 1. The Morgan fingerprint density at radius 1 is 1.16 bits per heavy atom. The number of carbonyl (C=O) groups is 2. The molecule has 0 radical (unpaired) electrons. The number of nitrogens with one attached hydrogen (secondary N) is 1. The molecule has 0 bridgehead atoms. The quantitative estimate of drug-likeness (QED) is 0.636. The van der Waals surface area contributed by atoms with Crippen LogP contribution in [0, 0.1) is 5.92 Å². The molecule has 7 nitrogen and oxygen atoms in total. The molecule has 31 heavy (non-hydrogen) atoms. The summed E-state index contributed by atoms with van der Waals surface area (Å²) in [6.07, 6.45) is 0.0600. The molecule has 0 aliphatic carbocycles. The van der Waals surface area contributed by atoms with E-state index in [2.05, 4.69) is 5.32 Å². The van der Waals surface area contributed by atoms with Gasteiger partial charge in [0.15, 0.2) is 6.10 Å². The zero-order valence-corrected chi connectivity index (χ0v) is 18.7. The van der Waals surface area contributed by atoms with E-state index < -0.39 is 33.9 Å². The highest BCUT2D eigenvalue weighted by Crippen LogP contribution is 2.25. The van der Waals surface area contributed by atoms with E-state index in [1.165, 1.54) is 35.5 Å². The number of piperidine rings is 1. The monoisotopic (exact) mass is 464 g/mol. The summed E-state index contributed by atoms with van der Waals surface area (Å²) < 4.78 is 32.4. The second-order valence-corrected chi connectivity index (χ2v) is 9.81. The van der Waals surface area contributed by atoms with Crippen molar-refractivity contribution in [3.63, 3.8) is 0 Å². The predicted molar refractivity (Wildman–Crippen MR) is 117 cm³/mol. The molecule has 0 spiro atoms. The molecule has 2 atom stereocenters. The lowest BCUT2D eigenvalue weighted by atomic mass is 10.00. The van der Waals surface area contributed by atoms with Crippen LogP contribution in [0.2, 0.25) is 5.02 Å². The minimum absolute atomic E-state index is 0.0160. The fraction of sp³-hybridized carbons (Fsp3) is 0.364. The van der Waals surface area contributed by atoms with Gasteiger partial charge in [0.05, 0.1) is 10.8 Å². The molecule has 1 N–H and O–H groups in total. The Morgan fingerprint density at radius 3 is 2.52 bits per heavy atom. The summed E-state index contributed by atoms with van der Waals surface area (Å²) in [5, 5.41) is 3.18. The van der Waals surface area contributed by atoms with Crippen LogP contribution in [-0.2, 0) is 30.9 Å². The number of ether oxygens (including phenoxy) is 1. The first kappa shape index (κ1) is 23.2. The lowest BCUT2D eigenvalue weighted by Gasteiger charge is -2.31. The van der Waals surface area contributed by atoms with Crippen LogP contribution < -0.4 is 5.32 Å². The van der Waals surface area contributed by atoms with Gasteiger partial charge in [-0.3, -0.25) is 9.59 Å². The second-order valence-electron chi connectivity index (χ2n) is 7.44. The highest BCUT2D eigenvalue weighted by Gasteiger charge is 2.35. The molecule has 1 heterocycles. The zero-order valence-electron chi connectivity index (χ0n) is 17.2. The number of sulfonamides is 1. The van der Waals surface area contributed by atoms with Crippen molar-refractivity contribution in [1.29, 1.82) is 0 Å². The molecule has 166 valence electrons. The summed E-state index contributed by atoms with van der Waals surface area (Å²) in [7, 11) is -3.74. The Labute approximate surface area is 187 Å². The lowest BCUT2D eigenvalue weighted by molar-refractivity contribution is -0.159. The van der Waals surface area contributed by atoms with E-state index in [-0.39, 0.29) is 11.4 Å². The number of hydrogen-bond acceptors (Lipinski definition) is 5. The smallest absolute Gasteiger partial charge is 0.311 e. The summed E-state index contributed by atoms with van der Waals surface area (Å²) in [4.78, 5) is 25.0. The standard InChI is InChI=1S/C22H25ClN2O5S/c1-16(21(26)24-14-17-6-3-2-4-7-17)30-22(27)18-8-5-13-25(15-18)31(28,29)20-11-9-19(23)10-12-20/h2-4,6-7,9-12,16,18H,5,8,13-15H2,1H3,(H,24,26). The molecule has 1 amide bonds. The molecule has 0 saturated carbocycles. The van der Waals surface area contributed by atoms with Gasteiger partial charge in [0.1, 0.15) is 0 Å². The summed E-state index contributed by atoms with van der Waals surface area (Å²) in [6.45, 7) is 2.17. The van der Waals surface area contributed by atoms with Gasteiger partial charge in [0.25, 0.3) is 5.91 Å². The fourth-order valence-corrected chi connectivity index (χ4v) is 5.01. The molecule has 3 rings (SSSR count). The van der Waals surface area contributed by atoms with Gasteiger partial charge in [0, 0.05) is 24.7 Å². The number of carbonyl (C=O) groups excluding carboxylic acids is 2. The van der Waals surface area contributed by atoms with Crippen LogP contribution in [0.5, 0.6) is 0 Å². The maximum atomic E-state index is 12.9. The summed E-state index contributed by atoms with van der Waals surface area (Å²) >= 11 is 5.84. The SMILES string of the molecule is CC(OC(=O)C1CCCN(S(=O)(=O)c2ccc(Cl)cc2)C1)C(=O)NCc1ccccc1. The van der Waals surface area contributed by atoms with E-state index >= 15 is 0 Å². The third-order valence-corrected chi connectivity index (χ3v) is 7.27. The van der Waals surface area contributed by atoms with E-state index in [0.717, 1.165) is 5.56 Å². The topological polar surface area (TPSA) is 92.8 Å². The van der Waals surface area contributed by atoms with Crippen molar-refractivity contribution in [3.05, 3.63) is 65.2 Å². The van der Waals surface area contributed by atoms with Gasteiger partial charge in [0.2, 0.25) is 10.0 Å².